The zero-order chi connectivity index (χ0) is 12.8. The number of ether oxygens (including phenoxy) is 1. The number of rotatable bonds is 7. The van der Waals surface area contributed by atoms with Crippen molar-refractivity contribution >= 4 is 0 Å². The first kappa shape index (κ1) is 14.8. The van der Waals surface area contributed by atoms with E-state index in [0.717, 1.165) is 38.6 Å². The zero-order valence-electron chi connectivity index (χ0n) is 10.4. The fraction of sp³-hybridized carbons (Fsp3) is 1.00. The Morgan fingerprint density at radius 1 is 1.24 bits per heavy atom. The molecule has 1 aliphatic rings. The highest BCUT2D eigenvalue weighted by Gasteiger charge is 2.36. The van der Waals surface area contributed by atoms with E-state index in [1.54, 1.807) is 0 Å². The van der Waals surface area contributed by atoms with Crippen LogP contribution in [0, 0.1) is 0 Å². The van der Waals surface area contributed by atoms with Gasteiger partial charge < -0.3 is 10.1 Å². The van der Waals surface area contributed by atoms with Gasteiger partial charge in [0.2, 0.25) is 0 Å². The zero-order valence-corrected chi connectivity index (χ0v) is 10.4. The lowest BCUT2D eigenvalue weighted by molar-refractivity contribution is -0.157. The molecule has 0 heterocycles. The molecule has 5 heteroatoms. The van der Waals surface area contributed by atoms with Crippen molar-refractivity contribution in [2.75, 3.05) is 19.7 Å². The summed E-state index contributed by atoms with van der Waals surface area (Å²) in [6.45, 7) is 3.43. The molecule has 2 nitrogen and oxygen atoms in total. The molecule has 0 unspecified atom stereocenters. The molecule has 1 aliphatic carbocycles. The summed E-state index contributed by atoms with van der Waals surface area (Å²) in [6.07, 6.45) is -0.0689. The van der Waals surface area contributed by atoms with Crippen molar-refractivity contribution in [2.24, 2.45) is 0 Å². The van der Waals surface area contributed by atoms with Crippen LogP contribution in [0.25, 0.3) is 0 Å². The SMILES string of the molecule is CCCNCC1(OCCC(F)(F)F)CCCC1. The molecule has 0 aromatic heterocycles. The molecule has 0 aromatic carbocycles. The average molecular weight is 253 g/mol. The van der Waals surface area contributed by atoms with Crippen molar-refractivity contribution < 1.29 is 17.9 Å². The lowest BCUT2D eigenvalue weighted by atomic mass is 10.0. The highest BCUT2D eigenvalue weighted by molar-refractivity contribution is 4.88. The van der Waals surface area contributed by atoms with E-state index in [1.165, 1.54) is 0 Å². The Balaban J connectivity index is 2.32. The summed E-state index contributed by atoms with van der Waals surface area (Å²) in [5, 5.41) is 3.26. The van der Waals surface area contributed by atoms with Crippen LogP contribution in [0.2, 0.25) is 0 Å². The second-order valence-corrected chi connectivity index (χ2v) is 4.78. The van der Waals surface area contributed by atoms with Gasteiger partial charge in [-0.15, -0.1) is 0 Å². The van der Waals surface area contributed by atoms with Gasteiger partial charge >= 0.3 is 6.18 Å². The molecule has 1 N–H and O–H groups in total. The van der Waals surface area contributed by atoms with Crippen LogP contribution in [-0.2, 0) is 4.74 Å². The molecule has 17 heavy (non-hydrogen) atoms. The molecular formula is C12H22F3NO. The molecule has 0 spiro atoms. The van der Waals surface area contributed by atoms with E-state index in [2.05, 4.69) is 12.2 Å². The minimum Gasteiger partial charge on any atom is -0.373 e. The Bertz CT molecular complexity index is 212. The molecule has 0 saturated heterocycles. The van der Waals surface area contributed by atoms with Crippen LogP contribution in [0.15, 0.2) is 0 Å². The molecule has 1 fully saturated rings. The van der Waals surface area contributed by atoms with E-state index >= 15 is 0 Å². The molecule has 0 radical (unpaired) electrons. The highest BCUT2D eigenvalue weighted by atomic mass is 19.4. The minimum atomic E-state index is -4.11. The number of alkyl halides is 3. The third-order valence-corrected chi connectivity index (χ3v) is 3.18. The summed E-state index contributed by atoms with van der Waals surface area (Å²) < 4.78 is 41.7. The lowest BCUT2D eigenvalue weighted by Gasteiger charge is -2.30. The smallest absolute Gasteiger partial charge is 0.373 e. The largest absolute Gasteiger partial charge is 0.391 e. The second kappa shape index (κ2) is 6.59. The fourth-order valence-electron chi connectivity index (χ4n) is 2.27. The molecule has 0 atom stereocenters. The maximum Gasteiger partial charge on any atom is 0.391 e. The molecule has 0 bridgehead atoms. The lowest BCUT2D eigenvalue weighted by Crippen LogP contribution is -2.41. The second-order valence-electron chi connectivity index (χ2n) is 4.78. The van der Waals surface area contributed by atoms with Gasteiger partial charge in [-0.25, -0.2) is 0 Å². The quantitative estimate of drug-likeness (QED) is 0.703. The average Bonchev–Trinajstić information content (AvgIpc) is 2.65. The first-order chi connectivity index (χ1) is 7.97. The molecule has 102 valence electrons. The summed E-state index contributed by atoms with van der Waals surface area (Å²) in [5.74, 6) is 0. The van der Waals surface area contributed by atoms with Crippen LogP contribution < -0.4 is 5.32 Å². The van der Waals surface area contributed by atoms with Crippen molar-refractivity contribution in [1.29, 1.82) is 0 Å². The number of hydrogen-bond donors (Lipinski definition) is 1. The Morgan fingerprint density at radius 3 is 2.41 bits per heavy atom. The third kappa shape index (κ3) is 5.73. The first-order valence-corrected chi connectivity index (χ1v) is 6.39. The van der Waals surface area contributed by atoms with E-state index in [1.807, 2.05) is 0 Å². The van der Waals surface area contributed by atoms with Crippen LogP contribution >= 0.6 is 0 Å². The number of hydrogen-bond acceptors (Lipinski definition) is 2. The summed E-state index contributed by atoms with van der Waals surface area (Å²) in [7, 11) is 0. The van der Waals surface area contributed by atoms with Crippen molar-refractivity contribution in [2.45, 2.75) is 57.2 Å². The van der Waals surface area contributed by atoms with Gasteiger partial charge in [-0.1, -0.05) is 19.8 Å². The van der Waals surface area contributed by atoms with E-state index < -0.39 is 12.6 Å². The molecule has 0 amide bonds. The fourth-order valence-corrected chi connectivity index (χ4v) is 2.27. The van der Waals surface area contributed by atoms with Crippen LogP contribution in [0.4, 0.5) is 13.2 Å². The molecule has 1 rings (SSSR count). The van der Waals surface area contributed by atoms with Gasteiger partial charge in [0.15, 0.2) is 0 Å². The Morgan fingerprint density at radius 2 is 1.88 bits per heavy atom. The van der Waals surface area contributed by atoms with Gasteiger partial charge in [0.05, 0.1) is 18.6 Å². The summed E-state index contributed by atoms with van der Waals surface area (Å²) in [5.41, 5.74) is -0.347. The minimum absolute atomic E-state index is 0.211. The summed E-state index contributed by atoms with van der Waals surface area (Å²) >= 11 is 0. The maximum atomic E-state index is 12.1. The van der Waals surface area contributed by atoms with Crippen LogP contribution in [0.3, 0.4) is 0 Å². The van der Waals surface area contributed by atoms with Crippen LogP contribution in [0.5, 0.6) is 0 Å². The van der Waals surface area contributed by atoms with Crippen molar-refractivity contribution in [1.82, 2.24) is 5.32 Å². The Labute approximate surface area is 101 Å². The van der Waals surface area contributed by atoms with Crippen molar-refractivity contribution in [3.8, 4) is 0 Å². The van der Waals surface area contributed by atoms with Gasteiger partial charge in [-0.05, 0) is 25.8 Å². The van der Waals surface area contributed by atoms with E-state index in [9.17, 15) is 13.2 Å². The van der Waals surface area contributed by atoms with Gasteiger partial charge in [0.25, 0.3) is 0 Å². The van der Waals surface area contributed by atoms with Crippen LogP contribution in [0.1, 0.15) is 45.4 Å². The molecular weight excluding hydrogens is 231 g/mol. The van der Waals surface area contributed by atoms with Crippen molar-refractivity contribution in [3.05, 3.63) is 0 Å². The van der Waals surface area contributed by atoms with E-state index in [-0.39, 0.29) is 12.2 Å². The summed E-state index contributed by atoms with van der Waals surface area (Å²) in [4.78, 5) is 0. The molecule has 1 saturated carbocycles. The van der Waals surface area contributed by atoms with Gasteiger partial charge in [0, 0.05) is 6.54 Å². The molecule has 0 aromatic rings. The number of halogens is 3. The molecule has 0 aliphatic heterocycles. The monoisotopic (exact) mass is 253 g/mol. The number of nitrogens with one attached hydrogen (secondary N) is 1. The predicted octanol–water partition coefficient (Wildman–Crippen LogP) is 3.27. The van der Waals surface area contributed by atoms with Crippen LogP contribution in [-0.4, -0.2) is 31.5 Å². The third-order valence-electron chi connectivity index (χ3n) is 3.18. The topological polar surface area (TPSA) is 21.3 Å². The van der Waals surface area contributed by atoms with Gasteiger partial charge in [0.1, 0.15) is 0 Å². The van der Waals surface area contributed by atoms with Gasteiger partial charge in [-0.2, -0.15) is 13.2 Å². The maximum absolute atomic E-state index is 12.1. The van der Waals surface area contributed by atoms with Crippen molar-refractivity contribution in [3.63, 3.8) is 0 Å². The van der Waals surface area contributed by atoms with Gasteiger partial charge in [-0.3, -0.25) is 0 Å². The normalized spacial score (nSPS) is 19.8. The first-order valence-electron chi connectivity index (χ1n) is 6.39. The Hall–Kier alpha value is -0.290. The standard InChI is InChI=1S/C12H22F3NO/c1-2-8-16-10-11(5-3-4-6-11)17-9-7-12(13,14)15/h16H,2-10H2,1H3. The Kier molecular flexibility index (Phi) is 5.73. The predicted molar refractivity (Wildman–Crippen MR) is 61.0 cm³/mol. The van der Waals surface area contributed by atoms with E-state index in [0.29, 0.717) is 6.54 Å². The summed E-state index contributed by atoms with van der Waals surface area (Å²) in [6, 6.07) is 0. The highest BCUT2D eigenvalue weighted by Crippen LogP contribution is 2.33. The van der Waals surface area contributed by atoms with E-state index in [4.69, 9.17) is 4.74 Å².